The average molecular weight is 333 g/mol. The van der Waals surface area contributed by atoms with Crippen molar-refractivity contribution in [2.24, 2.45) is 0 Å². The van der Waals surface area contributed by atoms with Crippen LogP contribution in [0.25, 0.3) is 5.65 Å². The summed E-state index contributed by atoms with van der Waals surface area (Å²) in [5.74, 6) is 1.20. The molecule has 1 saturated heterocycles. The number of aromatic nitrogens is 2. The predicted molar refractivity (Wildman–Crippen MR) is 88.7 cm³/mol. The largest absolute Gasteiger partial charge is 0.469 e. The maximum Gasteiger partial charge on any atom is 0.307 e. The Balaban J connectivity index is 1.86. The van der Waals surface area contributed by atoms with E-state index in [0.29, 0.717) is 12.2 Å². The Morgan fingerprint density at radius 2 is 2.26 bits per heavy atom. The van der Waals surface area contributed by atoms with Gasteiger partial charge in [0.2, 0.25) is 0 Å². The van der Waals surface area contributed by atoms with Crippen molar-refractivity contribution in [3.63, 3.8) is 0 Å². The Kier molecular flexibility index (Phi) is 4.56. The molecule has 1 atom stereocenters. The number of aryl methyl sites for hydroxylation is 1. The van der Waals surface area contributed by atoms with E-state index < -0.39 is 0 Å². The van der Waals surface area contributed by atoms with Crippen LogP contribution >= 0.6 is 11.8 Å². The third-order valence-corrected chi connectivity index (χ3v) is 5.13. The molecule has 0 unspecified atom stereocenters. The van der Waals surface area contributed by atoms with Crippen molar-refractivity contribution >= 4 is 29.3 Å². The van der Waals surface area contributed by atoms with Gasteiger partial charge in [-0.3, -0.25) is 9.59 Å². The van der Waals surface area contributed by atoms with Gasteiger partial charge in [0.1, 0.15) is 11.3 Å². The van der Waals surface area contributed by atoms with Gasteiger partial charge in [-0.05, 0) is 19.1 Å². The second kappa shape index (κ2) is 6.62. The maximum atomic E-state index is 12.8. The number of hydrogen-bond acceptors (Lipinski definition) is 5. The fourth-order valence-corrected chi connectivity index (χ4v) is 3.83. The lowest BCUT2D eigenvalue weighted by molar-refractivity contribution is -0.141. The number of thioether (sulfide) groups is 1. The number of carbonyl (C=O) groups is 2. The third-order valence-electron chi connectivity index (χ3n) is 4.03. The fraction of sp³-hybridized carbons (Fsp3) is 0.438. The van der Waals surface area contributed by atoms with Gasteiger partial charge in [-0.2, -0.15) is 11.8 Å². The van der Waals surface area contributed by atoms with Crippen LogP contribution in [0, 0.1) is 6.92 Å². The first-order valence-electron chi connectivity index (χ1n) is 7.50. The summed E-state index contributed by atoms with van der Waals surface area (Å²) >= 11 is 1.75. The Morgan fingerprint density at radius 1 is 1.43 bits per heavy atom. The van der Waals surface area contributed by atoms with Gasteiger partial charge in [-0.1, -0.05) is 6.07 Å². The molecule has 1 aliphatic rings. The van der Waals surface area contributed by atoms with Gasteiger partial charge in [-0.25, -0.2) is 4.98 Å². The van der Waals surface area contributed by atoms with Crippen LogP contribution in [0.1, 0.15) is 22.6 Å². The molecule has 2 aromatic rings. The molecule has 0 aromatic carbocycles. The van der Waals surface area contributed by atoms with Crippen LogP contribution in [0.4, 0.5) is 0 Å². The smallest absolute Gasteiger partial charge is 0.307 e. The lowest BCUT2D eigenvalue weighted by Gasteiger charge is -2.34. The average Bonchev–Trinajstić information content (AvgIpc) is 3.00. The summed E-state index contributed by atoms with van der Waals surface area (Å²) in [6.07, 6.45) is 1.99. The number of ether oxygens (including phenoxy) is 1. The normalized spacial score (nSPS) is 18.2. The van der Waals surface area contributed by atoms with Gasteiger partial charge < -0.3 is 14.0 Å². The van der Waals surface area contributed by atoms with E-state index in [-0.39, 0.29) is 24.3 Å². The summed E-state index contributed by atoms with van der Waals surface area (Å²) in [6, 6.07) is 5.63. The number of pyridine rings is 1. The summed E-state index contributed by atoms with van der Waals surface area (Å²) in [7, 11) is 1.37. The van der Waals surface area contributed by atoms with Gasteiger partial charge in [-0.15, -0.1) is 0 Å². The minimum absolute atomic E-state index is 0.123. The number of amides is 1. The van der Waals surface area contributed by atoms with Crippen molar-refractivity contribution in [2.45, 2.75) is 19.4 Å². The zero-order valence-corrected chi connectivity index (χ0v) is 14.0. The standard InChI is InChI=1S/C16H19N3O3S/c1-11-4-3-5-14-17-13(9-19(11)14)16(21)18-6-7-23-10-12(18)8-15(20)22-2/h3-5,9,12H,6-8,10H2,1-2H3/t12-/m0/s1. The van der Waals surface area contributed by atoms with Crippen LogP contribution in [-0.2, 0) is 9.53 Å². The molecule has 7 heteroatoms. The minimum Gasteiger partial charge on any atom is -0.469 e. The Hall–Kier alpha value is -2.02. The third kappa shape index (κ3) is 3.19. The molecule has 1 amide bonds. The molecule has 0 radical (unpaired) electrons. The molecule has 3 rings (SSSR count). The van der Waals surface area contributed by atoms with Gasteiger partial charge in [0.05, 0.1) is 19.6 Å². The Morgan fingerprint density at radius 3 is 3.00 bits per heavy atom. The summed E-state index contributed by atoms with van der Waals surface area (Å²) in [5.41, 5.74) is 2.19. The van der Waals surface area contributed by atoms with Crippen molar-refractivity contribution in [2.75, 3.05) is 25.2 Å². The van der Waals surface area contributed by atoms with E-state index in [1.807, 2.05) is 29.5 Å². The number of rotatable bonds is 3. The van der Waals surface area contributed by atoms with E-state index in [1.165, 1.54) is 7.11 Å². The molecule has 122 valence electrons. The molecule has 0 bridgehead atoms. The van der Waals surface area contributed by atoms with E-state index in [1.54, 1.807) is 22.9 Å². The molecule has 0 spiro atoms. The molecular weight excluding hydrogens is 314 g/mol. The summed E-state index contributed by atoms with van der Waals surface area (Å²) in [4.78, 5) is 30.6. The van der Waals surface area contributed by atoms with Crippen molar-refractivity contribution in [3.8, 4) is 0 Å². The molecular formula is C16H19N3O3S. The quantitative estimate of drug-likeness (QED) is 0.801. The van der Waals surface area contributed by atoms with E-state index in [9.17, 15) is 9.59 Å². The first-order valence-corrected chi connectivity index (χ1v) is 8.66. The first kappa shape index (κ1) is 15.9. The van der Waals surface area contributed by atoms with E-state index in [4.69, 9.17) is 4.74 Å². The topological polar surface area (TPSA) is 63.9 Å². The SMILES string of the molecule is COC(=O)C[C@H]1CSCCN1C(=O)c1cn2c(C)cccc2n1. The molecule has 1 aliphatic heterocycles. The van der Waals surface area contributed by atoms with Crippen LogP contribution in [-0.4, -0.2) is 57.4 Å². The summed E-state index contributed by atoms with van der Waals surface area (Å²) in [5, 5.41) is 0. The second-order valence-electron chi connectivity index (χ2n) is 5.53. The molecule has 6 nitrogen and oxygen atoms in total. The Labute approximate surface area is 138 Å². The van der Waals surface area contributed by atoms with E-state index in [0.717, 1.165) is 22.8 Å². The van der Waals surface area contributed by atoms with Crippen molar-refractivity contribution in [1.82, 2.24) is 14.3 Å². The number of fused-ring (bicyclic) bond motifs is 1. The first-order chi connectivity index (χ1) is 11.1. The minimum atomic E-state index is -0.291. The van der Waals surface area contributed by atoms with Crippen molar-refractivity contribution < 1.29 is 14.3 Å². The molecule has 2 aromatic heterocycles. The fourth-order valence-electron chi connectivity index (χ4n) is 2.77. The number of nitrogens with zero attached hydrogens (tertiary/aromatic N) is 3. The van der Waals surface area contributed by atoms with Crippen LogP contribution in [0.5, 0.6) is 0 Å². The maximum absolute atomic E-state index is 12.8. The molecule has 1 fully saturated rings. The van der Waals surface area contributed by atoms with Crippen LogP contribution in [0.2, 0.25) is 0 Å². The van der Waals surface area contributed by atoms with E-state index >= 15 is 0 Å². The number of carbonyl (C=O) groups excluding carboxylic acids is 2. The predicted octanol–water partition coefficient (Wildman–Crippen LogP) is 1.76. The van der Waals surface area contributed by atoms with Crippen LogP contribution < -0.4 is 0 Å². The highest BCUT2D eigenvalue weighted by molar-refractivity contribution is 7.99. The van der Waals surface area contributed by atoms with Gasteiger partial charge >= 0.3 is 5.97 Å². The van der Waals surface area contributed by atoms with Gasteiger partial charge in [0.15, 0.2) is 0 Å². The molecule has 0 saturated carbocycles. The highest BCUT2D eigenvalue weighted by atomic mass is 32.2. The summed E-state index contributed by atoms with van der Waals surface area (Å²) in [6.45, 7) is 2.60. The summed E-state index contributed by atoms with van der Waals surface area (Å²) < 4.78 is 6.65. The van der Waals surface area contributed by atoms with Crippen LogP contribution in [0.3, 0.4) is 0 Å². The van der Waals surface area contributed by atoms with E-state index in [2.05, 4.69) is 4.98 Å². The van der Waals surface area contributed by atoms with Crippen molar-refractivity contribution in [3.05, 3.63) is 35.8 Å². The van der Waals surface area contributed by atoms with Gasteiger partial charge in [0.25, 0.3) is 5.91 Å². The van der Waals surface area contributed by atoms with Gasteiger partial charge in [0, 0.05) is 29.9 Å². The monoisotopic (exact) mass is 333 g/mol. The molecule has 0 aliphatic carbocycles. The zero-order valence-electron chi connectivity index (χ0n) is 13.2. The Bertz CT molecular complexity index is 743. The highest BCUT2D eigenvalue weighted by Gasteiger charge is 2.31. The zero-order chi connectivity index (χ0) is 16.4. The highest BCUT2D eigenvalue weighted by Crippen LogP contribution is 2.22. The van der Waals surface area contributed by atoms with Crippen LogP contribution in [0.15, 0.2) is 24.4 Å². The van der Waals surface area contributed by atoms with Crippen molar-refractivity contribution in [1.29, 1.82) is 0 Å². The molecule has 0 N–H and O–H groups in total. The lowest BCUT2D eigenvalue weighted by atomic mass is 10.2. The molecule has 23 heavy (non-hydrogen) atoms. The number of methoxy groups -OCH3 is 1. The number of imidazole rings is 1. The molecule has 3 heterocycles. The number of hydrogen-bond donors (Lipinski definition) is 0. The lowest BCUT2D eigenvalue weighted by Crippen LogP contribution is -2.47. The second-order valence-corrected chi connectivity index (χ2v) is 6.68. The number of esters is 1.